The zero-order valence-electron chi connectivity index (χ0n) is 10.7. The summed E-state index contributed by atoms with van der Waals surface area (Å²) in [7, 11) is 1.41. The Bertz CT molecular complexity index is 405. The number of hydrogen-bond acceptors (Lipinski definition) is 4. The molecule has 0 atom stereocenters. The quantitative estimate of drug-likeness (QED) is 0.529. The lowest BCUT2D eigenvalue weighted by Crippen LogP contribution is -2.35. The fraction of sp³-hybridized carbons (Fsp3) is 0.692. The molecule has 1 aromatic rings. The fourth-order valence-electron chi connectivity index (χ4n) is 1.84. The van der Waals surface area contributed by atoms with Crippen molar-refractivity contribution in [1.82, 2.24) is 0 Å². The molecule has 1 aromatic carbocycles. The molecular formula is C13H21NO3. The van der Waals surface area contributed by atoms with Gasteiger partial charge in [0.2, 0.25) is 0 Å². The zero-order chi connectivity index (χ0) is 12.7. The molecule has 0 bridgehead atoms. The van der Waals surface area contributed by atoms with Gasteiger partial charge in [0.25, 0.3) is 10.9 Å². The van der Waals surface area contributed by atoms with Crippen LogP contribution in [0.3, 0.4) is 0 Å². The molecule has 1 N–H and O–H groups in total. The first-order valence-corrected chi connectivity index (χ1v) is 6.33. The van der Waals surface area contributed by atoms with Crippen molar-refractivity contribution in [3.63, 3.8) is 0 Å². The third-order valence-electron chi connectivity index (χ3n) is 2.90. The minimum Gasteiger partial charge on any atom is -0.491 e. The predicted molar refractivity (Wildman–Crippen MR) is 69.8 cm³/mol. The second-order valence-electron chi connectivity index (χ2n) is 4.26. The van der Waals surface area contributed by atoms with Crippen molar-refractivity contribution in [3.8, 4) is 5.75 Å². The highest BCUT2D eigenvalue weighted by atomic mass is 16.5. The molecule has 0 radical (unpaired) electrons. The molecule has 1 rings (SSSR count). The number of anilines is 1. The van der Waals surface area contributed by atoms with E-state index in [0.717, 1.165) is 19.4 Å². The monoisotopic (exact) mass is 239 g/mol. The van der Waals surface area contributed by atoms with Gasteiger partial charge in [0.15, 0.2) is 5.75 Å². The fourth-order valence-corrected chi connectivity index (χ4v) is 1.84. The number of rotatable bonds is 9. The average Bonchev–Trinajstić information content (AvgIpc) is 2.35. The van der Waals surface area contributed by atoms with Crippen LogP contribution in [0, 0.1) is 0 Å². The Labute approximate surface area is 102 Å². The van der Waals surface area contributed by atoms with E-state index >= 15 is 0 Å². The molecule has 0 spiro atoms. The molecule has 4 heteroatoms. The third kappa shape index (κ3) is 3.58. The molecule has 0 saturated carbocycles. The van der Waals surface area contributed by atoms with Crippen molar-refractivity contribution in [2.45, 2.75) is 45.4 Å². The zero-order valence-corrected chi connectivity index (χ0v) is 10.7. The highest BCUT2D eigenvalue weighted by Gasteiger charge is 2.20. The molecule has 4 nitrogen and oxygen atoms in total. The van der Waals surface area contributed by atoms with E-state index in [2.05, 4.69) is 12.2 Å². The van der Waals surface area contributed by atoms with Crippen molar-refractivity contribution in [2.24, 2.45) is 0 Å². The summed E-state index contributed by atoms with van der Waals surface area (Å²) in [6.45, 7) is 2.92. The first kappa shape index (κ1) is 13.7. The molecule has 0 aliphatic rings. The van der Waals surface area contributed by atoms with Crippen LogP contribution in [0.2, 0.25) is 0 Å². The summed E-state index contributed by atoms with van der Waals surface area (Å²) in [5.74, 6) is 0.181. The summed E-state index contributed by atoms with van der Waals surface area (Å²) in [5.41, 5.74) is -0.614. The van der Waals surface area contributed by atoms with Gasteiger partial charge in [-0.15, -0.1) is 0 Å². The van der Waals surface area contributed by atoms with Crippen molar-refractivity contribution in [1.29, 1.82) is 0 Å². The second-order valence-corrected chi connectivity index (χ2v) is 4.26. The summed E-state index contributed by atoms with van der Waals surface area (Å²) >= 11 is 0. The summed E-state index contributed by atoms with van der Waals surface area (Å²) in [6, 6.07) is 0. The van der Waals surface area contributed by atoms with Gasteiger partial charge in [-0.3, -0.25) is 9.59 Å². The van der Waals surface area contributed by atoms with E-state index in [4.69, 9.17) is 4.74 Å². The highest BCUT2D eigenvalue weighted by molar-refractivity contribution is 5.61. The first-order chi connectivity index (χ1) is 8.22. The largest absolute Gasteiger partial charge is 0.491 e. The minimum absolute atomic E-state index is 0.181. The predicted octanol–water partition coefficient (Wildman–Crippen LogP) is 2.06. The summed E-state index contributed by atoms with van der Waals surface area (Å²) in [4.78, 5) is 22.2. The Kier molecular flexibility index (Phi) is 5.73. The lowest BCUT2D eigenvalue weighted by Gasteiger charge is -2.11. The topological polar surface area (TPSA) is 55.4 Å². The molecular weight excluding hydrogens is 218 g/mol. The van der Waals surface area contributed by atoms with Crippen LogP contribution in [-0.2, 0) is 0 Å². The van der Waals surface area contributed by atoms with Gasteiger partial charge in [0, 0.05) is 6.54 Å². The second kappa shape index (κ2) is 7.09. The normalized spacial score (nSPS) is 10.7. The van der Waals surface area contributed by atoms with E-state index < -0.39 is 10.9 Å². The smallest absolute Gasteiger partial charge is 0.271 e. The van der Waals surface area contributed by atoms with Crippen LogP contribution in [0.25, 0.3) is 0 Å². The van der Waals surface area contributed by atoms with Crippen molar-refractivity contribution >= 4 is 5.69 Å². The summed E-state index contributed by atoms with van der Waals surface area (Å²) in [6.07, 6.45) is 7.23. The van der Waals surface area contributed by atoms with Crippen LogP contribution in [-0.4, -0.2) is 13.7 Å². The molecule has 0 unspecified atom stereocenters. The van der Waals surface area contributed by atoms with E-state index in [1.807, 2.05) is 0 Å². The molecule has 17 heavy (non-hydrogen) atoms. The van der Waals surface area contributed by atoms with Crippen LogP contribution in [0.5, 0.6) is 5.75 Å². The Morgan fingerprint density at radius 1 is 1.00 bits per heavy atom. The Morgan fingerprint density at radius 3 is 2.29 bits per heavy atom. The summed E-state index contributed by atoms with van der Waals surface area (Å²) in [5, 5.41) is 2.98. The van der Waals surface area contributed by atoms with Crippen LogP contribution in [0.1, 0.15) is 45.4 Å². The molecule has 0 saturated heterocycles. The van der Waals surface area contributed by atoms with Crippen molar-refractivity contribution in [2.75, 3.05) is 19.0 Å². The van der Waals surface area contributed by atoms with Gasteiger partial charge in [0.1, 0.15) is 5.69 Å². The van der Waals surface area contributed by atoms with Gasteiger partial charge in [-0.05, 0) is 6.42 Å². The maximum atomic E-state index is 11.2. The van der Waals surface area contributed by atoms with Gasteiger partial charge < -0.3 is 10.1 Å². The van der Waals surface area contributed by atoms with Crippen molar-refractivity contribution in [3.05, 3.63) is 20.4 Å². The molecule has 0 fully saturated rings. The number of methoxy groups -OCH3 is 1. The molecule has 0 aromatic heterocycles. The molecule has 0 amide bonds. The molecule has 0 aliphatic heterocycles. The van der Waals surface area contributed by atoms with Gasteiger partial charge in [0.05, 0.1) is 7.11 Å². The Hall–Kier alpha value is -1.32. The van der Waals surface area contributed by atoms with Crippen molar-refractivity contribution < 1.29 is 4.74 Å². The lowest BCUT2D eigenvalue weighted by molar-refractivity contribution is 0.407. The van der Waals surface area contributed by atoms with Crippen LogP contribution >= 0.6 is 0 Å². The van der Waals surface area contributed by atoms with Gasteiger partial charge >= 0.3 is 0 Å². The van der Waals surface area contributed by atoms with E-state index in [-0.39, 0.29) is 5.75 Å². The SMILES string of the molecule is CCCCCCCCNc1c(OC)c(=O)c1=O. The average molecular weight is 239 g/mol. The minimum atomic E-state index is -0.516. The standard InChI is InChI=1S/C13H21NO3/c1-3-4-5-6-7-8-9-14-10-11(15)12(16)13(10)17-2/h14H,3-9H2,1-2H3. The Morgan fingerprint density at radius 2 is 1.65 bits per heavy atom. The van der Waals surface area contributed by atoms with E-state index in [9.17, 15) is 9.59 Å². The number of hydrogen-bond donors (Lipinski definition) is 1. The maximum absolute atomic E-state index is 11.2. The molecule has 0 aliphatic carbocycles. The Balaban J connectivity index is 2.17. The lowest BCUT2D eigenvalue weighted by atomic mass is 10.1. The van der Waals surface area contributed by atoms with Gasteiger partial charge in [-0.2, -0.15) is 0 Å². The first-order valence-electron chi connectivity index (χ1n) is 6.33. The van der Waals surface area contributed by atoms with E-state index in [0.29, 0.717) is 5.69 Å². The number of ether oxygens (including phenoxy) is 1. The van der Waals surface area contributed by atoms with Gasteiger partial charge in [-0.1, -0.05) is 39.0 Å². The number of unbranched alkanes of at least 4 members (excludes halogenated alkanes) is 5. The van der Waals surface area contributed by atoms with Crippen LogP contribution < -0.4 is 20.9 Å². The van der Waals surface area contributed by atoms with Crippen LogP contribution in [0.15, 0.2) is 9.59 Å². The van der Waals surface area contributed by atoms with Gasteiger partial charge in [-0.25, -0.2) is 0 Å². The molecule has 0 heterocycles. The van der Waals surface area contributed by atoms with E-state index in [1.54, 1.807) is 0 Å². The van der Waals surface area contributed by atoms with Crippen LogP contribution in [0.4, 0.5) is 5.69 Å². The highest BCUT2D eigenvalue weighted by Crippen LogP contribution is 2.16. The molecule has 96 valence electrons. The third-order valence-corrected chi connectivity index (χ3v) is 2.90. The number of nitrogens with one attached hydrogen (secondary N) is 1. The maximum Gasteiger partial charge on any atom is 0.271 e. The summed E-state index contributed by atoms with van der Waals surface area (Å²) < 4.78 is 4.84. The van der Waals surface area contributed by atoms with E-state index in [1.165, 1.54) is 32.8 Å².